The quantitative estimate of drug-likeness (QED) is 0.788. The van der Waals surface area contributed by atoms with Crippen molar-refractivity contribution in [2.45, 2.75) is 26.3 Å². The van der Waals surface area contributed by atoms with Gasteiger partial charge in [-0.3, -0.25) is 9.36 Å². The fourth-order valence-electron chi connectivity index (χ4n) is 0.912. The summed E-state index contributed by atoms with van der Waals surface area (Å²) < 4.78 is 2.34. The minimum absolute atomic E-state index is 0.0686. The Bertz CT molecular complexity index is 308. The Hall–Kier alpha value is -0.390. The molecule has 0 aliphatic heterocycles. The molecular formula is C8H11IN2O. The van der Waals surface area contributed by atoms with Crippen LogP contribution in [0.1, 0.15) is 19.8 Å². The lowest BCUT2D eigenvalue weighted by Gasteiger charge is -2.02. The zero-order valence-corrected chi connectivity index (χ0v) is 9.11. The zero-order valence-electron chi connectivity index (χ0n) is 6.96. The summed E-state index contributed by atoms with van der Waals surface area (Å²) in [5.41, 5.74) is 0.0686. The van der Waals surface area contributed by atoms with Crippen LogP contribution in [0.5, 0.6) is 0 Å². The first-order valence-corrected chi connectivity index (χ1v) is 5.03. The van der Waals surface area contributed by atoms with E-state index < -0.39 is 0 Å². The van der Waals surface area contributed by atoms with Crippen LogP contribution < -0.4 is 5.56 Å². The van der Waals surface area contributed by atoms with Crippen LogP contribution in [0.3, 0.4) is 0 Å². The van der Waals surface area contributed by atoms with Crippen molar-refractivity contribution in [1.82, 2.24) is 9.55 Å². The molecule has 0 aromatic carbocycles. The number of nitrogens with zero attached hydrogens (tertiary/aromatic N) is 2. The Kier molecular flexibility index (Phi) is 3.71. The highest BCUT2D eigenvalue weighted by atomic mass is 127. The number of hydrogen-bond acceptors (Lipinski definition) is 2. The van der Waals surface area contributed by atoms with Gasteiger partial charge in [-0.1, -0.05) is 13.3 Å². The number of unbranched alkanes of at least 4 members (excludes halogenated alkanes) is 1. The van der Waals surface area contributed by atoms with Gasteiger partial charge in [-0.2, -0.15) is 0 Å². The van der Waals surface area contributed by atoms with Crippen molar-refractivity contribution in [3.63, 3.8) is 0 Å². The second kappa shape index (κ2) is 4.59. The van der Waals surface area contributed by atoms with Gasteiger partial charge in [-0.15, -0.1) is 0 Å². The number of halogens is 1. The minimum Gasteiger partial charge on any atom is -0.298 e. The van der Waals surface area contributed by atoms with Gasteiger partial charge in [0.1, 0.15) is 0 Å². The van der Waals surface area contributed by atoms with E-state index >= 15 is 0 Å². The first-order chi connectivity index (χ1) is 5.75. The molecule has 3 nitrogen and oxygen atoms in total. The van der Waals surface area contributed by atoms with Gasteiger partial charge in [-0.05, 0) is 29.0 Å². The van der Waals surface area contributed by atoms with E-state index in [2.05, 4.69) is 11.9 Å². The molecule has 0 aliphatic carbocycles. The van der Waals surface area contributed by atoms with E-state index in [1.165, 1.54) is 0 Å². The molecule has 0 unspecified atom stereocenters. The molecule has 12 heavy (non-hydrogen) atoms. The molecule has 0 N–H and O–H groups in total. The van der Waals surface area contributed by atoms with Crippen LogP contribution in [0.15, 0.2) is 17.3 Å². The topological polar surface area (TPSA) is 34.9 Å². The average Bonchev–Trinajstić information content (AvgIpc) is 2.08. The van der Waals surface area contributed by atoms with E-state index in [1.54, 1.807) is 17.1 Å². The Morgan fingerprint density at radius 1 is 1.67 bits per heavy atom. The largest absolute Gasteiger partial charge is 0.298 e. The first kappa shape index (κ1) is 9.70. The highest BCUT2D eigenvalue weighted by Crippen LogP contribution is 1.95. The van der Waals surface area contributed by atoms with Gasteiger partial charge in [-0.25, -0.2) is 4.98 Å². The Morgan fingerprint density at radius 2 is 2.42 bits per heavy atom. The molecule has 1 aromatic heterocycles. The molecular weight excluding hydrogens is 267 g/mol. The van der Waals surface area contributed by atoms with Crippen LogP contribution >= 0.6 is 22.6 Å². The van der Waals surface area contributed by atoms with E-state index in [1.807, 2.05) is 22.6 Å². The van der Waals surface area contributed by atoms with Crippen molar-refractivity contribution in [2.75, 3.05) is 0 Å². The molecule has 0 bridgehead atoms. The average molecular weight is 278 g/mol. The molecule has 0 amide bonds. The summed E-state index contributed by atoms with van der Waals surface area (Å²) in [6.45, 7) is 2.88. The Morgan fingerprint density at radius 3 is 3.08 bits per heavy atom. The molecule has 1 rings (SSSR count). The first-order valence-electron chi connectivity index (χ1n) is 3.95. The van der Waals surface area contributed by atoms with Gasteiger partial charge in [0, 0.05) is 12.7 Å². The van der Waals surface area contributed by atoms with E-state index in [0.29, 0.717) is 3.57 Å². The normalized spacial score (nSPS) is 10.2. The fourth-order valence-corrected chi connectivity index (χ4v) is 1.38. The summed E-state index contributed by atoms with van der Waals surface area (Å²) in [5.74, 6) is 0. The van der Waals surface area contributed by atoms with Crippen LogP contribution in [0.25, 0.3) is 0 Å². The van der Waals surface area contributed by atoms with Crippen molar-refractivity contribution in [3.05, 3.63) is 26.4 Å². The van der Waals surface area contributed by atoms with Crippen molar-refractivity contribution in [2.24, 2.45) is 0 Å². The summed E-state index contributed by atoms with van der Waals surface area (Å²) in [7, 11) is 0. The van der Waals surface area contributed by atoms with Crippen LogP contribution in [0, 0.1) is 3.57 Å². The number of aryl methyl sites for hydroxylation is 1. The molecule has 1 heterocycles. The summed E-state index contributed by atoms with van der Waals surface area (Å²) in [5, 5.41) is 0. The van der Waals surface area contributed by atoms with Crippen molar-refractivity contribution in [1.29, 1.82) is 0 Å². The summed E-state index contributed by atoms with van der Waals surface area (Å²) in [6, 6.07) is 0. The standard InChI is InChI=1S/C8H11IN2O/c1-2-3-4-11-6-10-5-7(9)8(11)12/h5-6H,2-4H2,1H3. The second-order valence-corrected chi connectivity index (χ2v) is 3.76. The molecule has 66 valence electrons. The number of hydrogen-bond donors (Lipinski definition) is 0. The third-order valence-electron chi connectivity index (χ3n) is 1.61. The maximum atomic E-state index is 11.4. The lowest BCUT2D eigenvalue weighted by Crippen LogP contribution is -2.22. The highest BCUT2D eigenvalue weighted by molar-refractivity contribution is 14.1. The Balaban J connectivity index is 2.85. The zero-order chi connectivity index (χ0) is 8.97. The Labute approximate surface area is 85.0 Å². The monoisotopic (exact) mass is 278 g/mol. The van der Waals surface area contributed by atoms with Crippen LogP contribution in [0.2, 0.25) is 0 Å². The maximum Gasteiger partial charge on any atom is 0.266 e. The summed E-state index contributed by atoms with van der Waals surface area (Å²) in [4.78, 5) is 15.3. The highest BCUT2D eigenvalue weighted by Gasteiger charge is 1.98. The van der Waals surface area contributed by atoms with Gasteiger partial charge in [0.25, 0.3) is 5.56 Å². The molecule has 0 aliphatic rings. The third-order valence-corrected chi connectivity index (χ3v) is 2.35. The molecule has 0 atom stereocenters. The molecule has 1 aromatic rings. The molecule has 4 heteroatoms. The predicted molar refractivity (Wildman–Crippen MR) is 56.1 cm³/mol. The van der Waals surface area contributed by atoms with E-state index in [9.17, 15) is 4.79 Å². The summed E-state index contributed by atoms with van der Waals surface area (Å²) >= 11 is 2.01. The van der Waals surface area contributed by atoms with Gasteiger partial charge in [0.2, 0.25) is 0 Å². The second-order valence-electron chi connectivity index (χ2n) is 2.59. The fraction of sp³-hybridized carbons (Fsp3) is 0.500. The minimum atomic E-state index is 0.0686. The predicted octanol–water partition coefficient (Wildman–Crippen LogP) is 1.65. The van der Waals surface area contributed by atoms with E-state index in [-0.39, 0.29) is 5.56 Å². The lowest BCUT2D eigenvalue weighted by atomic mass is 10.3. The lowest BCUT2D eigenvalue weighted by molar-refractivity contribution is 0.600. The van der Waals surface area contributed by atoms with Gasteiger partial charge >= 0.3 is 0 Å². The van der Waals surface area contributed by atoms with Gasteiger partial charge < -0.3 is 0 Å². The number of aromatic nitrogens is 2. The summed E-state index contributed by atoms with van der Waals surface area (Å²) in [6.07, 6.45) is 5.31. The molecule has 0 radical (unpaired) electrons. The SMILES string of the molecule is CCCCn1cncc(I)c1=O. The van der Waals surface area contributed by atoms with E-state index in [4.69, 9.17) is 0 Å². The van der Waals surface area contributed by atoms with E-state index in [0.717, 1.165) is 19.4 Å². The third kappa shape index (κ3) is 2.30. The van der Waals surface area contributed by atoms with Crippen LogP contribution in [-0.4, -0.2) is 9.55 Å². The van der Waals surface area contributed by atoms with Crippen molar-refractivity contribution in [3.8, 4) is 0 Å². The maximum absolute atomic E-state index is 11.4. The number of rotatable bonds is 3. The molecule has 0 fully saturated rings. The van der Waals surface area contributed by atoms with Crippen molar-refractivity contribution < 1.29 is 0 Å². The van der Waals surface area contributed by atoms with Gasteiger partial charge in [0.05, 0.1) is 9.90 Å². The molecule has 0 spiro atoms. The van der Waals surface area contributed by atoms with Crippen LogP contribution in [0.4, 0.5) is 0 Å². The van der Waals surface area contributed by atoms with Gasteiger partial charge in [0.15, 0.2) is 0 Å². The van der Waals surface area contributed by atoms with Crippen molar-refractivity contribution >= 4 is 22.6 Å². The van der Waals surface area contributed by atoms with Crippen LogP contribution in [-0.2, 0) is 6.54 Å². The molecule has 0 saturated carbocycles. The smallest absolute Gasteiger partial charge is 0.266 e. The molecule has 0 saturated heterocycles.